The van der Waals surface area contributed by atoms with E-state index < -0.39 is 0 Å². The molecule has 0 unspecified atom stereocenters. The van der Waals surface area contributed by atoms with E-state index in [2.05, 4.69) is 11.2 Å². The van der Waals surface area contributed by atoms with Crippen molar-refractivity contribution in [3.8, 4) is 11.5 Å². The molecule has 3 heterocycles. The van der Waals surface area contributed by atoms with Gasteiger partial charge < -0.3 is 14.4 Å². The number of fused-ring (bicyclic) bond motifs is 1. The molecule has 0 radical (unpaired) electrons. The molecule has 25 heavy (non-hydrogen) atoms. The van der Waals surface area contributed by atoms with Gasteiger partial charge in [-0.1, -0.05) is 6.07 Å². The van der Waals surface area contributed by atoms with Gasteiger partial charge in [0.25, 0.3) is 0 Å². The van der Waals surface area contributed by atoms with E-state index in [-0.39, 0.29) is 18.5 Å². The lowest BCUT2D eigenvalue weighted by Gasteiger charge is -2.25. The molecular formula is C19H23N3O3. The van der Waals surface area contributed by atoms with Crippen LogP contribution >= 0.6 is 0 Å². The number of hydrogen-bond donors (Lipinski definition) is 0. The lowest BCUT2D eigenvalue weighted by Crippen LogP contribution is -2.33. The van der Waals surface area contributed by atoms with Gasteiger partial charge in [-0.25, -0.2) is 0 Å². The van der Waals surface area contributed by atoms with Crippen LogP contribution in [0.5, 0.6) is 11.5 Å². The van der Waals surface area contributed by atoms with Crippen LogP contribution in [0.25, 0.3) is 0 Å². The molecule has 1 aromatic carbocycles. The van der Waals surface area contributed by atoms with Crippen molar-refractivity contribution < 1.29 is 14.3 Å². The predicted molar refractivity (Wildman–Crippen MR) is 92.7 cm³/mol. The molecule has 2 aliphatic rings. The van der Waals surface area contributed by atoms with Gasteiger partial charge in [0.1, 0.15) is 6.54 Å². The highest BCUT2D eigenvalue weighted by atomic mass is 16.5. The van der Waals surface area contributed by atoms with E-state index in [0.717, 1.165) is 48.4 Å². The summed E-state index contributed by atoms with van der Waals surface area (Å²) < 4.78 is 13.2. The molecule has 2 aliphatic heterocycles. The maximum atomic E-state index is 12.8. The Kier molecular flexibility index (Phi) is 4.34. The number of hydrogen-bond acceptors (Lipinski definition) is 4. The minimum Gasteiger partial charge on any atom is -0.490 e. The third-order valence-corrected chi connectivity index (χ3v) is 4.79. The average Bonchev–Trinajstić information content (AvgIpc) is 3.18. The number of benzene rings is 1. The van der Waals surface area contributed by atoms with Gasteiger partial charge in [-0.3, -0.25) is 9.48 Å². The zero-order valence-corrected chi connectivity index (χ0v) is 14.5. The number of rotatable bonds is 3. The number of carbonyl (C=O) groups is 1. The molecule has 1 atom stereocenters. The summed E-state index contributed by atoms with van der Waals surface area (Å²) in [5.74, 6) is 1.69. The van der Waals surface area contributed by atoms with Crippen molar-refractivity contribution >= 4 is 5.91 Å². The van der Waals surface area contributed by atoms with E-state index in [1.165, 1.54) is 0 Å². The SMILES string of the molecule is Cc1cnn(CC(=O)N2CCC[C@H]2c2ccc3c(c2)OCCCO3)c1. The molecule has 0 saturated carbocycles. The van der Waals surface area contributed by atoms with Gasteiger partial charge in [0.15, 0.2) is 11.5 Å². The highest BCUT2D eigenvalue weighted by Crippen LogP contribution is 2.38. The fraction of sp³-hybridized carbons (Fsp3) is 0.474. The molecule has 6 heteroatoms. The van der Waals surface area contributed by atoms with Gasteiger partial charge in [-0.15, -0.1) is 0 Å². The maximum Gasteiger partial charge on any atom is 0.244 e. The lowest BCUT2D eigenvalue weighted by atomic mass is 10.0. The Hall–Kier alpha value is -2.50. The third kappa shape index (κ3) is 3.34. The first-order valence-corrected chi connectivity index (χ1v) is 8.89. The fourth-order valence-electron chi connectivity index (χ4n) is 3.58. The number of likely N-dealkylation sites (tertiary alicyclic amines) is 1. The zero-order chi connectivity index (χ0) is 17.2. The maximum absolute atomic E-state index is 12.8. The second kappa shape index (κ2) is 6.78. The van der Waals surface area contributed by atoms with Gasteiger partial charge in [-0.2, -0.15) is 5.10 Å². The standard InChI is InChI=1S/C19H23N3O3/c1-14-11-20-21(12-14)13-19(23)22-7-2-4-16(22)15-5-6-17-18(10-15)25-9-3-8-24-17/h5-6,10-12,16H,2-4,7-9,13H2,1H3/t16-/m0/s1. The topological polar surface area (TPSA) is 56.6 Å². The minimum atomic E-state index is 0.0984. The molecule has 1 amide bonds. The van der Waals surface area contributed by atoms with Gasteiger partial charge in [0.2, 0.25) is 5.91 Å². The Bertz CT molecular complexity index is 771. The first kappa shape index (κ1) is 16.0. The van der Waals surface area contributed by atoms with E-state index in [1.807, 2.05) is 30.2 Å². The van der Waals surface area contributed by atoms with Crippen molar-refractivity contribution in [1.29, 1.82) is 0 Å². The third-order valence-electron chi connectivity index (χ3n) is 4.79. The second-order valence-electron chi connectivity index (χ2n) is 6.72. The molecular weight excluding hydrogens is 318 g/mol. The molecule has 4 rings (SSSR count). The summed E-state index contributed by atoms with van der Waals surface area (Å²) in [4.78, 5) is 14.7. The van der Waals surface area contributed by atoms with Crippen LogP contribution in [0.1, 0.15) is 36.4 Å². The predicted octanol–water partition coefficient (Wildman–Crippen LogP) is 2.72. The molecule has 132 valence electrons. The van der Waals surface area contributed by atoms with E-state index in [1.54, 1.807) is 10.9 Å². The highest BCUT2D eigenvalue weighted by molar-refractivity contribution is 5.76. The lowest BCUT2D eigenvalue weighted by molar-refractivity contribution is -0.133. The molecule has 1 fully saturated rings. The van der Waals surface area contributed by atoms with E-state index in [9.17, 15) is 4.79 Å². The van der Waals surface area contributed by atoms with Crippen LogP contribution in [0.3, 0.4) is 0 Å². The molecule has 1 aromatic heterocycles. The average molecular weight is 341 g/mol. The van der Waals surface area contributed by atoms with Crippen LogP contribution in [0.15, 0.2) is 30.6 Å². The minimum absolute atomic E-state index is 0.0984. The van der Waals surface area contributed by atoms with Crippen LogP contribution in [-0.4, -0.2) is 40.3 Å². The van der Waals surface area contributed by atoms with E-state index in [0.29, 0.717) is 13.2 Å². The molecule has 0 spiro atoms. The van der Waals surface area contributed by atoms with Gasteiger partial charge in [0.05, 0.1) is 25.5 Å². The van der Waals surface area contributed by atoms with Crippen molar-refractivity contribution in [2.75, 3.05) is 19.8 Å². The Morgan fingerprint density at radius 1 is 1.24 bits per heavy atom. The summed E-state index contributed by atoms with van der Waals surface area (Å²) >= 11 is 0. The van der Waals surface area contributed by atoms with Crippen LogP contribution in [0.2, 0.25) is 0 Å². The Labute approximate surface area is 147 Å². The van der Waals surface area contributed by atoms with Crippen molar-refractivity contribution in [2.24, 2.45) is 0 Å². The van der Waals surface area contributed by atoms with Crippen molar-refractivity contribution in [1.82, 2.24) is 14.7 Å². The second-order valence-corrected chi connectivity index (χ2v) is 6.72. The smallest absolute Gasteiger partial charge is 0.244 e. The number of nitrogens with zero attached hydrogens (tertiary/aromatic N) is 3. The number of carbonyl (C=O) groups excluding carboxylic acids is 1. The van der Waals surface area contributed by atoms with Crippen LogP contribution in [-0.2, 0) is 11.3 Å². The van der Waals surface area contributed by atoms with Crippen LogP contribution in [0.4, 0.5) is 0 Å². The molecule has 0 N–H and O–H groups in total. The van der Waals surface area contributed by atoms with E-state index >= 15 is 0 Å². The van der Waals surface area contributed by atoms with E-state index in [4.69, 9.17) is 9.47 Å². The summed E-state index contributed by atoms with van der Waals surface area (Å²) in [5.41, 5.74) is 2.18. The molecule has 2 aromatic rings. The number of aryl methyl sites for hydroxylation is 1. The van der Waals surface area contributed by atoms with Gasteiger partial charge in [0, 0.05) is 19.2 Å². The normalized spacial score (nSPS) is 19.7. The summed E-state index contributed by atoms with van der Waals surface area (Å²) in [6.07, 6.45) is 6.56. The Balaban J connectivity index is 1.53. The van der Waals surface area contributed by atoms with Crippen LogP contribution < -0.4 is 9.47 Å². The summed E-state index contributed by atoms with van der Waals surface area (Å²) in [7, 11) is 0. The molecule has 6 nitrogen and oxygen atoms in total. The number of aromatic nitrogens is 2. The molecule has 1 saturated heterocycles. The van der Waals surface area contributed by atoms with Crippen LogP contribution in [0, 0.1) is 6.92 Å². The number of ether oxygens (including phenoxy) is 2. The molecule has 0 bridgehead atoms. The largest absolute Gasteiger partial charge is 0.490 e. The van der Waals surface area contributed by atoms with Gasteiger partial charge in [-0.05, 0) is 43.0 Å². The first-order chi connectivity index (χ1) is 12.2. The molecule has 0 aliphatic carbocycles. The summed E-state index contributed by atoms with van der Waals surface area (Å²) in [6, 6.07) is 6.16. The van der Waals surface area contributed by atoms with Crippen molar-refractivity contribution in [3.05, 3.63) is 41.7 Å². The quantitative estimate of drug-likeness (QED) is 0.861. The summed E-state index contributed by atoms with van der Waals surface area (Å²) in [6.45, 7) is 4.41. The first-order valence-electron chi connectivity index (χ1n) is 8.89. The number of amides is 1. The van der Waals surface area contributed by atoms with Crippen molar-refractivity contribution in [2.45, 2.75) is 38.8 Å². The fourth-order valence-corrected chi connectivity index (χ4v) is 3.58. The summed E-state index contributed by atoms with van der Waals surface area (Å²) in [5, 5.41) is 4.23. The highest BCUT2D eigenvalue weighted by Gasteiger charge is 2.30. The Morgan fingerprint density at radius 2 is 2.08 bits per heavy atom. The zero-order valence-electron chi connectivity index (χ0n) is 14.5. The van der Waals surface area contributed by atoms with Gasteiger partial charge >= 0.3 is 0 Å². The monoisotopic (exact) mass is 341 g/mol. The Morgan fingerprint density at radius 3 is 2.88 bits per heavy atom. The van der Waals surface area contributed by atoms with Crippen molar-refractivity contribution in [3.63, 3.8) is 0 Å².